The average Bonchev–Trinajstić information content (AvgIpc) is 3.17. The van der Waals surface area contributed by atoms with Gasteiger partial charge in [-0.15, -0.1) is 11.3 Å². The van der Waals surface area contributed by atoms with E-state index in [4.69, 9.17) is 4.74 Å². The van der Waals surface area contributed by atoms with Gasteiger partial charge in [0.05, 0.1) is 12.2 Å². The number of carbonyl (C=O) groups is 2. The number of benzene rings is 1. The summed E-state index contributed by atoms with van der Waals surface area (Å²) in [7, 11) is 0. The fourth-order valence-electron chi connectivity index (χ4n) is 2.75. The predicted molar refractivity (Wildman–Crippen MR) is 106 cm³/mol. The molecular weight excluding hydrogens is 362 g/mol. The molecule has 1 N–H and O–H groups in total. The number of carbonyl (C=O) groups excluding carboxylic acids is 2. The molecule has 0 saturated carbocycles. The number of ether oxygens (including phenoxy) is 1. The van der Waals surface area contributed by atoms with Crippen molar-refractivity contribution in [1.82, 2.24) is 15.1 Å². The van der Waals surface area contributed by atoms with Gasteiger partial charge in [0.25, 0.3) is 5.91 Å². The van der Waals surface area contributed by atoms with E-state index in [0.29, 0.717) is 11.4 Å². The Bertz CT molecular complexity index is 960. The Labute approximate surface area is 162 Å². The second-order valence-electron chi connectivity index (χ2n) is 6.77. The Hall–Kier alpha value is -2.67. The van der Waals surface area contributed by atoms with Crippen LogP contribution in [0.1, 0.15) is 41.7 Å². The van der Waals surface area contributed by atoms with Crippen LogP contribution >= 0.6 is 11.3 Å². The first-order valence-electron chi connectivity index (χ1n) is 8.87. The van der Waals surface area contributed by atoms with Gasteiger partial charge in [0.15, 0.2) is 6.10 Å². The number of fused-ring (bicyclic) bond motifs is 1. The largest absolute Gasteiger partial charge is 0.448 e. The number of nitrogens with one attached hydrogen (secondary N) is 1. The average molecular weight is 385 g/mol. The van der Waals surface area contributed by atoms with Crippen molar-refractivity contribution in [3.63, 3.8) is 0 Å². The van der Waals surface area contributed by atoms with Crippen LogP contribution in [-0.4, -0.2) is 33.8 Å². The SMILES string of the molecule is Cc1nn(Cc2ccccc2)c2sc(C(=O)O[C@H](C)C(=O)NC(C)C)cc12. The zero-order valence-corrected chi connectivity index (χ0v) is 16.7. The number of thiophene rings is 1. The van der Waals surface area contributed by atoms with E-state index < -0.39 is 12.1 Å². The van der Waals surface area contributed by atoms with E-state index in [1.807, 2.05) is 55.8 Å². The van der Waals surface area contributed by atoms with Gasteiger partial charge < -0.3 is 10.1 Å². The maximum absolute atomic E-state index is 12.5. The Kier molecular flexibility index (Phi) is 5.60. The minimum Gasteiger partial charge on any atom is -0.448 e. The lowest BCUT2D eigenvalue weighted by Crippen LogP contribution is -2.39. The van der Waals surface area contributed by atoms with Crippen molar-refractivity contribution in [3.05, 3.63) is 52.5 Å². The number of aryl methyl sites for hydroxylation is 1. The zero-order chi connectivity index (χ0) is 19.6. The van der Waals surface area contributed by atoms with Crippen molar-refractivity contribution in [1.29, 1.82) is 0 Å². The zero-order valence-electron chi connectivity index (χ0n) is 15.9. The molecule has 2 aromatic heterocycles. The summed E-state index contributed by atoms with van der Waals surface area (Å²) in [5, 5.41) is 8.25. The van der Waals surface area contributed by atoms with Gasteiger partial charge in [-0.2, -0.15) is 5.10 Å². The summed E-state index contributed by atoms with van der Waals surface area (Å²) in [6.45, 7) is 7.85. The first kappa shape index (κ1) is 19.1. The van der Waals surface area contributed by atoms with Gasteiger partial charge in [-0.1, -0.05) is 30.3 Å². The van der Waals surface area contributed by atoms with Gasteiger partial charge in [0, 0.05) is 11.4 Å². The monoisotopic (exact) mass is 385 g/mol. The Morgan fingerprint density at radius 3 is 2.59 bits per heavy atom. The first-order valence-corrected chi connectivity index (χ1v) is 9.69. The Morgan fingerprint density at radius 2 is 1.93 bits per heavy atom. The summed E-state index contributed by atoms with van der Waals surface area (Å²) in [5.74, 6) is -0.792. The summed E-state index contributed by atoms with van der Waals surface area (Å²) in [5.41, 5.74) is 2.00. The van der Waals surface area contributed by atoms with Crippen molar-refractivity contribution in [2.24, 2.45) is 0 Å². The number of nitrogens with zero attached hydrogens (tertiary/aromatic N) is 2. The van der Waals surface area contributed by atoms with Crippen LogP contribution in [0.2, 0.25) is 0 Å². The lowest BCUT2D eigenvalue weighted by molar-refractivity contribution is -0.129. The third kappa shape index (κ3) is 4.36. The van der Waals surface area contributed by atoms with Crippen LogP contribution in [0.4, 0.5) is 0 Å². The minimum absolute atomic E-state index is 0.00500. The summed E-state index contributed by atoms with van der Waals surface area (Å²) >= 11 is 1.33. The number of amides is 1. The van der Waals surface area contributed by atoms with Crippen LogP contribution in [0.3, 0.4) is 0 Å². The fraction of sp³-hybridized carbons (Fsp3) is 0.350. The van der Waals surface area contributed by atoms with E-state index in [1.54, 1.807) is 13.0 Å². The molecule has 0 fully saturated rings. The van der Waals surface area contributed by atoms with Gasteiger partial charge in [0.1, 0.15) is 9.71 Å². The smallest absolute Gasteiger partial charge is 0.349 e. The number of hydrogen-bond acceptors (Lipinski definition) is 5. The van der Waals surface area contributed by atoms with Crippen LogP contribution in [0, 0.1) is 6.92 Å². The minimum atomic E-state index is -0.841. The van der Waals surface area contributed by atoms with Crippen molar-refractivity contribution in [2.45, 2.75) is 46.4 Å². The summed E-state index contributed by atoms with van der Waals surface area (Å²) < 4.78 is 7.22. The molecule has 0 aliphatic rings. The lowest BCUT2D eigenvalue weighted by atomic mass is 10.2. The highest BCUT2D eigenvalue weighted by Crippen LogP contribution is 2.29. The van der Waals surface area contributed by atoms with E-state index in [2.05, 4.69) is 10.4 Å². The molecule has 0 unspecified atom stereocenters. The van der Waals surface area contributed by atoms with E-state index >= 15 is 0 Å². The molecule has 1 aromatic carbocycles. The second-order valence-corrected chi connectivity index (χ2v) is 7.80. The molecule has 27 heavy (non-hydrogen) atoms. The molecule has 142 valence electrons. The molecule has 3 rings (SSSR count). The van der Waals surface area contributed by atoms with E-state index in [-0.39, 0.29) is 11.9 Å². The number of esters is 1. The highest BCUT2D eigenvalue weighted by atomic mass is 32.1. The molecule has 0 saturated heterocycles. The molecule has 2 heterocycles. The van der Waals surface area contributed by atoms with Gasteiger partial charge in [-0.05, 0) is 39.3 Å². The molecule has 0 aliphatic carbocycles. The Morgan fingerprint density at radius 1 is 1.22 bits per heavy atom. The van der Waals surface area contributed by atoms with Crippen molar-refractivity contribution >= 4 is 33.4 Å². The molecule has 0 radical (unpaired) electrons. The predicted octanol–water partition coefficient (Wildman–Crippen LogP) is 3.52. The van der Waals surface area contributed by atoms with Gasteiger partial charge >= 0.3 is 5.97 Å². The first-order chi connectivity index (χ1) is 12.8. The third-order valence-corrected chi connectivity index (χ3v) is 5.20. The standard InChI is InChI=1S/C20H23N3O3S/c1-12(2)21-18(24)14(4)26-20(25)17-10-16-13(3)22-23(19(16)27-17)11-15-8-6-5-7-9-15/h5-10,12,14H,11H2,1-4H3,(H,21,24)/t14-/m1/s1. The fourth-order valence-corrected chi connectivity index (χ4v) is 3.79. The van der Waals surface area contributed by atoms with Crippen LogP contribution < -0.4 is 5.32 Å². The molecule has 6 nitrogen and oxygen atoms in total. The van der Waals surface area contributed by atoms with Crippen molar-refractivity contribution in [2.75, 3.05) is 0 Å². The molecule has 0 aliphatic heterocycles. The quantitative estimate of drug-likeness (QED) is 0.659. The van der Waals surface area contributed by atoms with Gasteiger partial charge in [-0.25, -0.2) is 4.79 Å². The molecule has 1 amide bonds. The number of hydrogen-bond donors (Lipinski definition) is 1. The molecule has 0 spiro atoms. The topological polar surface area (TPSA) is 73.2 Å². The van der Waals surface area contributed by atoms with E-state index in [0.717, 1.165) is 21.5 Å². The van der Waals surface area contributed by atoms with Crippen LogP contribution in [0.5, 0.6) is 0 Å². The van der Waals surface area contributed by atoms with Crippen LogP contribution in [0.25, 0.3) is 10.2 Å². The third-order valence-electron chi connectivity index (χ3n) is 4.07. The lowest BCUT2D eigenvalue weighted by Gasteiger charge is -2.14. The van der Waals surface area contributed by atoms with Crippen molar-refractivity contribution in [3.8, 4) is 0 Å². The van der Waals surface area contributed by atoms with E-state index in [1.165, 1.54) is 11.3 Å². The second kappa shape index (κ2) is 7.92. The molecular formula is C20H23N3O3S. The molecule has 0 bridgehead atoms. The normalized spacial score (nSPS) is 12.3. The molecule has 3 aromatic rings. The molecule has 7 heteroatoms. The van der Waals surface area contributed by atoms with Gasteiger partial charge in [-0.3, -0.25) is 9.48 Å². The number of aromatic nitrogens is 2. The highest BCUT2D eigenvalue weighted by Gasteiger charge is 2.22. The number of rotatable bonds is 6. The van der Waals surface area contributed by atoms with Crippen molar-refractivity contribution < 1.29 is 14.3 Å². The maximum Gasteiger partial charge on any atom is 0.349 e. The maximum atomic E-state index is 12.5. The van der Waals surface area contributed by atoms with E-state index in [9.17, 15) is 9.59 Å². The molecule has 1 atom stereocenters. The van der Waals surface area contributed by atoms with Crippen LogP contribution in [0.15, 0.2) is 36.4 Å². The summed E-state index contributed by atoms with van der Waals surface area (Å²) in [6, 6.07) is 11.8. The highest BCUT2D eigenvalue weighted by molar-refractivity contribution is 7.20. The summed E-state index contributed by atoms with van der Waals surface area (Å²) in [6.07, 6.45) is -0.841. The van der Waals surface area contributed by atoms with Gasteiger partial charge in [0.2, 0.25) is 0 Å². The Balaban J connectivity index is 1.79. The summed E-state index contributed by atoms with van der Waals surface area (Å²) in [4.78, 5) is 25.8. The van der Waals surface area contributed by atoms with Crippen LogP contribution in [-0.2, 0) is 16.1 Å².